The second-order valence-electron chi connectivity index (χ2n) is 6.05. The first kappa shape index (κ1) is 20.0. The van der Waals surface area contributed by atoms with Crippen LogP contribution in [0.25, 0.3) is 11.5 Å². The summed E-state index contributed by atoms with van der Waals surface area (Å²) in [6, 6.07) is 11.1. The number of nitrogens with zero attached hydrogens (tertiary/aromatic N) is 2. The zero-order valence-electron chi connectivity index (χ0n) is 14.9. The molecule has 1 atom stereocenters. The highest BCUT2D eigenvalue weighted by molar-refractivity contribution is 7.89. The number of esters is 1. The van der Waals surface area contributed by atoms with Gasteiger partial charge in [0, 0.05) is 5.56 Å². The van der Waals surface area contributed by atoms with Crippen LogP contribution < -0.4 is 5.14 Å². The number of benzene rings is 2. The van der Waals surface area contributed by atoms with Crippen LogP contribution in [0, 0.1) is 6.92 Å². The van der Waals surface area contributed by atoms with E-state index in [1.807, 2.05) is 31.2 Å². The second-order valence-corrected chi connectivity index (χ2v) is 7.99. The molecular formula is C18H16ClN3O5S. The Bertz CT molecular complexity index is 1130. The standard InChI is InChI=1S/C18H16ClN3O5S/c1-10-3-5-12(6-4-10)17-22-21-16(27-17)11(2)26-18(23)13-7-8-14(19)15(9-13)28(20,24)25/h3-9,11H,1-2H3,(H2,20,24,25)/t11-/m0/s1. The molecule has 28 heavy (non-hydrogen) atoms. The molecular weight excluding hydrogens is 406 g/mol. The molecule has 0 aliphatic heterocycles. The van der Waals surface area contributed by atoms with E-state index < -0.39 is 22.1 Å². The predicted molar refractivity (Wildman–Crippen MR) is 101 cm³/mol. The molecule has 0 saturated carbocycles. The van der Waals surface area contributed by atoms with Crippen molar-refractivity contribution in [3.63, 3.8) is 0 Å². The predicted octanol–water partition coefficient (Wildman–Crippen LogP) is 3.26. The molecule has 1 heterocycles. The highest BCUT2D eigenvalue weighted by atomic mass is 35.5. The molecule has 2 N–H and O–H groups in total. The zero-order valence-corrected chi connectivity index (χ0v) is 16.5. The molecule has 0 unspecified atom stereocenters. The van der Waals surface area contributed by atoms with Crippen LogP contribution in [-0.4, -0.2) is 24.6 Å². The maximum absolute atomic E-state index is 12.3. The summed E-state index contributed by atoms with van der Waals surface area (Å²) in [4.78, 5) is 12.0. The van der Waals surface area contributed by atoms with E-state index in [1.54, 1.807) is 6.92 Å². The molecule has 3 rings (SSSR count). The van der Waals surface area contributed by atoms with Crippen molar-refractivity contribution < 1.29 is 22.4 Å². The number of halogens is 1. The quantitative estimate of drug-likeness (QED) is 0.626. The molecule has 0 aliphatic rings. The van der Waals surface area contributed by atoms with Gasteiger partial charge in [-0.25, -0.2) is 18.4 Å². The smallest absolute Gasteiger partial charge is 0.338 e. The van der Waals surface area contributed by atoms with Crippen molar-refractivity contribution in [2.24, 2.45) is 5.14 Å². The monoisotopic (exact) mass is 421 g/mol. The summed E-state index contributed by atoms with van der Waals surface area (Å²) in [6.07, 6.45) is -0.854. The molecule has 0 aliphatic carbocycles. The topological polar surface area (TPSA) is 125 Å². The first-order valence-electron chi connectivity index (χ1n) is 8.09. The van der Waals surface area contributed by atoms with Gasteiger partial charge in [-0.05, 0) is 44.2 Å². The van der Waals surface area contributed by atoms with Gasteiger partial charge in [0.15, 0.2) is 6.10 Å². The lowest BCUT2D eigenvalue weighted by atomic mass is 10.1. The largest absolute Gasteiger partial charge is 0.449 e. The Balaban J connectivity index is 1.77. The molecule has 3 aromatic rings. The van der Waals surface area contributed by atoms with Gasteiger partial charge in [0.1, 0.15) is 4.90 Å². The lowest BCUT2D eigenvalue weighted by Gasteiger charge is -2.10. The van der Waals surface area contributed by atoms with Gasteiger partial charge in [-0.3, -0.25) is 0 Å². The molecule has 8 nitrogen and oxygen atoms in total. The van der Waals surface area contributed by atoms with Crippen molar-refractivity contribution >= 4 is 27.6 Å². The summed E-state index contributed by atoms with van der Waals surface area (Å²) >= 11 is 5.81. The Labute approximate surface area is 166 Å². The van der Waals surface area contributed by atoms with Crippen molar-refractivity contribution in [3.05, 3.63) is 64.5 Å². The minimum atomic E-state index is -4.08. The third kappa shape index (κ3) is 4.38. The van der Waals surface area contributed by atoms with Gasteiger partial charge in [0.2, 0.25) is 15.9 Å². The summed E-state index contributed by atoms with van der Waals surface area (Å²) < 4.78 is 33.9. The van der Waals surface area contributed by atoms with Gasteiger partial charge in [-0.1, -0.05) is 29.3 Å². The number of rotatable bonds is 5. The Morgan fingerprint density at radius 1 is 1.18 bits per heavy atom. The van der Waals surface area contributed by atoms with Crippen LogP contribution >= 0.6 is 11.6 Å². The Kier molecular flexibility index (Phi) is 5.50. The lowest BCUT2D eigenvalue weighted by Crippen LogP contribution is -2.15. The number of hydrogen-bond acceptors (Lipinski definition) is 7. The van der Waals surface area contributed by atoms with E-state index in [2.05, 4.69) is 10.2 Å². The van der Waals surface area contributed by atoms with Gasteiger partial charge in [0.25, 0.3) is 5.89 Å². The normalized spacial score (nSPS) is 12.6. The Morgan fingerprint density at radius 2 is 1.86 bits per heavy atom. The summed E-state index contributed by atoms with van der Waals surface area (Å²) in [5.74, 6) is -0.394. The minimum absolute atomic E-state index is 0.0291. The van der Waals surface area contributed by atoms with Gasteiger partial charge in [-0.2, -0.15) is 0 Å². The average molecular weight is 422 g/mol. The fourth-order valence-corrected chi connectivity index (χ4v) is 3.41. The summed E-state index contributed by atoms with van der Waals surface area (Å²) in [5, 5.41) is 12.9. The number of ether oxygens (including phenoxy) is 1. The Morgan fingerprint density at radius 3 is 2.50 bits per heavy atom. The van der Waals surface area contributed by atoms with E-state index in [-0.39, 0.29) is 21.4 Å². The molecule has 0 spiro atoms. The highest BCUT2D eigenvalue weighted by Gasteiger charge is 2.22. The maximum atomic E-state index is 12.3. The molecule has 1 aromatic heterocycles. The number of carbonyl (C=O) groups is 1. The molecule has 146 valence electrons. The third-order valence-corrected chi connectivity index (χ3v) is 5.24. The minimum Gasteiger partial charge on any atom is -0.449 e. The van der Waals surface area contributed by atoms with Crippen LogP contribution in [0.4, 0.5) is 0 Å². The number of primary sulfonamides is 1. The second kappa shape index (κ2) is 7.70. The molecule has 0 radical (unpaired) electrons. The highest BCUT2D eigenvalue weighted by Crippen LogP contribution is 2.25. The van der Waals surface area contributed by atoms with Crippen molar-refractivity contribution in [2.45, 2.75) is 24.8 Å². The van der Waals surface area contributed by atoms with Crippen molar-refractivity contribution in [2.75, 3.05) is 0 Å². The number of aromatic nitrogens is 2. The van der Waals surface area contributed by atoms with Crippen LogP contribution in [-0.2, 0) is 14.8 Å². The Hall–Kier alpha value is -2.75. The van der Waals surface area contributed by atoms with Crippen LogP contribution in [0.3, 0.4) is 0 Å². The zero-order chi connectivity index (χ0) is 20.5. The maximum Gasteiger partial charge on any atom is 0.338 e. The molecule has 10 heteroatoms. The summed E-state index contributed by atoms with van der Waals surface area (Å²) in [7, 11) is -4.08. The number of carbonyl (C=O) groups excluding carboxylic acids is 1. The number of nitrogens with two attached hydrogens (primary N) is 1. The molecule has 2 aromatic carbocycles. The third-order valence-electron chi connectivity index (χ3n) is 3.84. The van der Waals surface area contributed by atoms with E-state index in [0.29, 0.717) is 5.89 Å². The molecule has 0 amide bonds. The lowest BCUT2D eigenvalue weighted by molar-refractivity contribution is 0.0279. The van der Waals surface area contributed by atoms with Crippen LogP contribution in [0.15, 0.2) is 51.8 Å². The number of sulfonamides is 1. The van der Waals surface area contributed by atoms with E-state index in [4.69, 9.17) is 25.9 Å². The van der Waals surface area contributed by atoms with Crippen molar-refractivity contribution in [3.8, 4) is 11.5 Å². The summed E-state index contributed by atoms with van der Waals surface area (Å²) in [6.45, 7) is 3.52. The van der Waals surface area contributed by atoms with Gasteiger partial charge in [0.05, 0.1) is 10.6 Å². The fraction of sp³-hybridized carbons (Fsp3) is 0.167. The van der Waals surface area contributed by atoms with Gasteiger partial charge < -0.3 is 9.15 Å². The number of hydrogen-bond donors (Lipinski definition) is 1. The van der Waals surface area contributed by atoms with Crippen molar-refractivity contribution in [1.82, 2.24) is 10.2 Å². The first-order valence-corrected chi connectivity index (χ1v) is 10.0. The van der Waals surface area contributed by atoms with Crippen LogP contribution in [0.5, 0.6) is 0 Å². The summed E-state index contributed by atoms with van der Waals surface area (Å²) in [5.41, 5.74) is 1.80. The number of aryl methyl sites for hydroxylation is 1. The van der Waals surface area contributed by atoms with Crippen molar-refractivity contribution in [1.29, 1.82) is 0 Å². The first-order chi connectivity index (χ1) is 13.1. The van der Waals surface area contributed by atoms with Gasteiger partial charge in [-0.15, -0.1) is 10.2 Å². The van der Waals surface area contributed by atoms with E-state index in [9.17, 15) is 13.2 Å². The van der Waals surface area contributed by atoms with E-state index in [0.717, 1.165) is 17.2 Å². The average Bonchev–Trinajstić information content (AvgIpc) is 3.12. The molecule has 0 fully saturated rings. The molecule has 0 bridgehead atoms. The molecule has 0 saturated heterocycles. The van der Waals surface area contributed by atoms with Crippen LogP contribution in [0.1, 0.15) is 34.8 Å². The van der Waals surface area contributed by atoms with E-state index in [1.165, 1.54) is 12.1 Å². The fourth-order valence-electron chi connectivity index (χ4n) is 2.34. The SMILES string of the molecule is Cc1ccc(-c2nnc([C@H](C)OC(=O)c3ccc(Cl)c(S(N)(=O)=O)c3)o2)cc1. The van der Waals surface area contributed by atoms with E-state index >= 15 is 0 Å². The van der Waals surface area contributed by atoms with Gasteiger partial charge >= 0.3 is 5.97 Å². The van der Waals surface area contributed by atoms with Crippen LogP contribution in [0.2, 0.25) is 5.02 Å².